The van der Waals surface area contributed by atoms with Gasteiger partial charge in [0.2, 0.25) is 0 Å². The quantitative estimate of drug-likeness (QED) is 0.454. The molecule has 0 spiro atoms. The van der Waals surface area contributed by atoms with Crippen LogP contribution in [0.1, 0.15) is 41.5 Å². The van der Waals surface area contributed by atoms with Crippen molar-refractivity contribution in [1.29, 1.82) is 0 Å². The maximum atomic E-state index is 12.2. The number of aliphatic carboxylic acids is 1. The van der Waals surface area contributed by atoms with Crippen LogP contribution in [-0.2, 0) is 38.1 Å². The van der Waals surface area contributed by atoms with E-state index in [1.807, 2.05) is 0 Å². The summed E-state index contributed by atoms with van der Waals surface area (Å²) >= 11 is 0. The van der Waals surface area contributed by atoms with E-state index in [4.69, 9.17) is 18.9 Å². The van der Waals surface area contributed by atoms with Gasteiger partial charge >= 0.3 is 23.9 Å². The second-order valence-electron chi connectivity index (χ2n) is 7.45. The predicted molar refractivity (Wildman–Crippen MR) is 92.7 cm³/mol. The van der Waals surface area contributed by atoms with Gasteiger partial charge in [0, 0.05) is 0 Å². The Hall–Kier alpha value is -2.20. The first kappa shape index (κ1) is 23.8. The van der Waals surface area contributed by atoms with Crippen molar-refractivity contribution in [3.8, 4) is 0 Å². The van der Waals surface area contributed by atoms with Crippen molar-refractivity contribution in [3.63, 3.8) is 0 Å². The third-order valence-corrected chi connectivity index (χ3v) is 3.93. The van der Waals surface area contributed by atoms with Gasteiger partial charge < -0.3 is 29.2 Å². The molecule has 2 N–H and O–H groups in total. The first-order valence-corrected chi connectivity index (χ1v) is 9.04. The van der Waals surface area contributed by atoms with Crippen molar-refractivity contribution in [2.75, 3.05) is 0 Å². The van der Waals surface area contributed by atoms with E-state index in [-0.39, 0.29) is 0 Å². The van der Waals surface area contributed by atoms with Crippen molar-refractivity contribution in [1.82, 2.24) is 0 Å². The Balaban J connectivity index is 3.32. The Morgan fingerprint density at radius 2 is 1.07 bits per heavy atom. The van der Waals surface area contributed by atoms with Crippen LogP contribution in [0.2, 0.25) is 0 Å². The molecule has 0 aromatic carbocycles. The minimum Gasteiger partial charge on any atom is -0.479 e. The molecule has 1 fully saturated rings. The molecule has 28 heavy (non-hydrogen) atoms. The molecule has 1 aliphatic rings. The highest BCUT2D eigenvalue weighted by atomic mass is 16.7. The molecule has 1 rings (SSSR count). The molecule has 0 aromatic rings. The van der Waals surface area contributed by atoms with E-state index in [1.165, 1.54) is 27.7 Å². The van der Waals surface area contributed by atoms with Crippen LogP contribution in [0.4, 0.5) is 0 Å². The van der Waals surface area contributed by atoms with Crippen molar-refractivity contribution >= 4 is 23.9 Å². The third kappa shape index (κ3) is 5.90. The normalized spacial score (nSPS) is 27.6. The zero-order valence-corrected chi connectivity index (χ0v) is 16.8. The third-order valence-electron chi connectivity index (χ3n) is 3.93. The highest BCUT2D eigenvalue weighted by Crippen LogP contribution is 2.29. The van der Waals surface area contributed by atoms with Gasteiger partial charge in [-0.3, -0.25) is 14.4 Å². The molecule has 0 amide bonds. The SMILES string of the molecule is CC(C)C(=O)O[C@@H]1[C@@H](OC(=O)C(C)C)[C@H](O)O[C@H](C(=O)O)[C@H]1OC(=O)C(C)C. The molecule has 5 atom stereocenters. The lowest BCUT2D eigenvalue weighted by Crippen LogP contribution is -2.63. The Morgan fingerprint density at radius 3 is 1.43 bits per heavy atom. The summed E-state index contributed by atoms with van der Waals surface area (Å²) in [6.45, 7) is 9.23. The van der Waals surface area contributed by atoms with Gasteiger partial charge in [-0.05, 0) is 0 Å². The number of hydrogen-bond acceptors (Lipinski definition) is 9. The van der Waals surface area contributed by atoms with Crippen LogP contribution in [0, 0.1) is 17.8 Å². The standard InChI is InChI=1S/C18H28O10/c1-7(2)15(21)25-10-11(26-16(22)8(3)4)13(28-17(23)9(5)6)18(24)27-12(10)14(19)20/h7-13,18,24H,1-6H3,(H,19,20)/t10-,11-,12-,13+,18+/m0/s1. The largest absolute Gasteiger partial charge is 0.479 e. The molecular formula is C18H28O10. The summed E-state index contributed by atoms with van der Waals surface area (Å²) < 4.78 is 20.7. The summed E-state index contributed by atoms with van der Waals surface area (Å²) in [6, 6.07) is 0. The number of carbonyl (C=O) groups excluding carboxylic acids is 3. The minimum absolute atomic E-state index is 0.581. The fourth-order valence-electron chi connectivity index (χ4n) is 2.22. The number of carbonyl (C=O) groups is 4. The zero-order valence-electron chi connectivity index (χ0n) is 16.8. The predicted octanol–water partition coefficient (Wildman–Crippen LogP) is 0.492. The summed E-state index contributed by atoms with van der Waals surface area (Å²) in [5.74, 6) is -5.59. The van der Waals surface area contributed by atoms with Gasteiger partial charge in [0.25, 0.3) is 0 Å². The van der Waals surface area contributed by atoms with E-state index >= 15 is 0 Å². The molecule has 0 aromatic heterocycles. The van der Waals surface area contributed by atoms with Crippen LogP contribution in [-0.4, -0.2) is 64.8 Å². The molecule has 0 bridgehead atoms. The summed E-state index contributed by atoms with van der Waals surface area (Å²) in [5, 5.41) is 19.6. The first-order valence-electron chi connectivity index (χ1n) is 9.04. The molecule has 1 aliphatic heterocycles. The van der Waals surface area contributed by atoms with E-state index in [0.717, 1.165) is 0 Å². The maximum Gasteiger partial charge on any atom is 0.337 e. The molecule has 1 heterocycles. The topological polar surface area (TPSA) is 146 Å². The highest BCUT2D eigenvalue weighted by molar-refractivity contribution is 5.77. The van der Waals surface area contributed by atoms with Crippen molar-refractivity contribution in [2.24, 2.45) is 17.8 Å². The van der Waals surface area contributed by atoms with Crippen LogP contribution in [0.3, 0.4) is 0 Å². The number of rotatable bonds is 7. The molecule has 0 radical (unpaired) electrons. The Kier molecular flexibility index (Phi) is 8.37. The Labute approximate surface area is 163 Å². The average Bonchev–Trinajstić information content (AvgIpc) is 2.58. The summed E-state index contributed by atoms with van der Waals surface area (Å²) in [6.07, 6.45) is -8.48. The fraction of sp³-hybridized carbons (Fsp3) is 0.778. The number of carboxylic acids is 1. The van der Waals surface area contributed by atoms with Crippen molar-refractivity contribution in [3.05, 3.63) is 0 Å². The van der Waals surface area contributed by atoms with Crippen LogP contribution in [0.25, 0.3) is 0 Å². The van der Waals surface area contributed by atoms with Crippen LogP contribution >= 0.6 is 0 Å². The summed E-state index contributed by atoms with van der Waals surface area (Å²) in [7, 11) is 0. The molecule has 10 heteroatoms. The van der Waals surface area contributed by atoms with E-state index in [2.05, 4.69) is 0 Å². The molecule has 0 aliphatic carbocycles. The van der Waals surface area contributed by atoms with Gasteiger partial charge in [0.15, 0.2) is 30.7 Å². The summed E-state index contributed by atoms with van der Waals surface area (Å²) in [5.41, 5.74) is 0. The molecule has 0 unspecified atom stereocenters. The average molecular weight is 404 g/mol. The van der Waals surface area contributed by atoms with Crippen LogP contribution < -0.4 is 0 Å². The lowest BCUT2D eigenvalue weighted by Gasteiger charge is -2.42. The number of ether oxygens (including phenoxy) is 4. The fourth-order valence-corrected chi connectivity index (χ4v) is 2.22. The Morgan fingerprint density at radius 1 is 0.714 bits per heavy atom. The van der Waals surface area contributed by atoms with Gasteiger partial charge in [-0.2, -0.15) is 0 Å². The second-order valence-corrected chi connectivity index (χ2v) is 7.45. The molecule has 10 nitrogen and oxygen atoms in total. The number of aliphatic hydroxyl groups is 1. The van der Waals surface area contributed by atoms with E-state index in [0.29, 0.717) is 0 Å². The van der Waals surface area contributed by atoms with Gasteiger partial charge in [-0.1, -0.05) is 41.5 Å². The lowest BCUT2D eigenvalue weighted by molar-refractivity contribution is -0.291. The van der Waals surface area contributed by atoms with E-state index in [1.54, 1.807) is 13.8 Å². The van der Waals surface area contributed by atoms with Crippen molar-refractivity contribution in [2.45, 2.75) is 72.2 Å². The molecule has 1 saturated heterocycles. The molecule has 0 saturated carbocycles. The van der Waals surface area contributed by atoms with Crippen molar-refractivity contribution < 1.29 is 48.3 Å². The number of carboxylic acid groups (broad SMARTS) is 1. The second kappa shape index (κ2) is 9.83. The van der Waals surface area contributed by atoms with Crippen LogP contribution in [0.5, 0.6) is 0 Å². The van der Waals surface area contributed by atoms with Gasteiger partial charge in [0.1, 0.15) is 0 Å². The molecule has 160 valence electrons. The van der Waals surface area contributed by atoms with Crippen LogP contribution in [0.15, 0.2) is 0 Å². The Bertz CT molecular complexity index is 597. The zero-order chi connectivity index (χ0) is 21.8. The maximum absolute atomic E-state index is 12.2. The number of hydrogen-bond donors (Lipinski definition) is 2. The number of esters is 3. The highest BCUT2D eigenvalue weighted by Gasteiger charge is 2.54. The van der Waals surface area contributed by atoms with Gasteiger partial charge in [0.05, 0.1) is 17.8 Å². The summed E-state index contributed by atoms with van der Waals surface area (Å²) in [4.78, 5) is 47.8. The molecular weight excluding hydrogens is 376 g/mol. The van der Waals surface area contributed by atoms with Gasteiger partial charge in [-0.15, -0.1) is 0 Å². The lowest BCUT2D eigenvalue weighted by atomic mass is 9.97. The minimum atomic E-state index is -1.90. The number of aliphatic hydroxyl groups excluding tert-OH is 1. The monoisotopic (exact) mass is 404 g/mol. The van der Waals surface area contributed by atoms with E-state index in [9.17, 15) is 29.4 Å². The van der Waals surface area contributed by atoms with E-state index < -0.39 is 72.3 Å². The first-order chi connectivity index (χ1) is 12.9. The smallest absolute Gasteiger partial charge is 0.337 e. The van der Waals surface area contributed by atoms with Gasteiger partial charge in [-0.25, -0.2) is 4.79 Å².